The topological polar surface area (TPSA) is 59.8 Å². The van der Waals surface area contributed by atoms with Gasteiger partial charge in [-0.15, -0.1) is 23.5 Å². The van der Waals surface area contributed by atoms with Crippen LogP contribution in [0.4, 0.5) is 5.69 Å². The minimum Gasteiger partial charge on any atom is -0.322 e. The average molecular weight is 399 g/mol. The van der Waals surface area contributed by atoms with Crippen molar-refractivity contribution in [3.8, 4) is 0 Å². The summed E-state index contributed by atoms with van der Waals surface area (Å²) in [5.41, 5.74) is 5.06. The molecule has 0 radical (unpaired) electrons. The summed E-state index contributed by atoms with van der Waals surface area (Å²) in [4.78, 5) is 17.6. The number of anilines is 1. The largest absolute Gasteiger partial charge is 0.322 e. The summed E-state index contributed by atoms with van der Waals surface area (Å²) >= 11 is 3.96. The number of carbonyl (C=O) groups excluding carboxylic acids is 1. The number of benzene rings is 1. The first kappa shape index (κ1) is 18.4. The quantitative estimate of drug-likeness (QED) is 0.693. The molecule has 1 fully saturated rings. The van der Waals surface area contributed by atoms with E-state index < -0.39 is 0 Å². The number of amides is 1. The molecule has 140 valence electrons. The lowest BCUT2D eigenvalue weighted by molar-refractivity contribution is 0.102. The lowest BCUT2D eigenvalue weighted by Gasteiger charge is -2.21. The van der Waals surface area contributed by atoms with Crippen molar-refractivity contribution < 1.29 is 4.79 Å². The Bertz CT molecular complexity index is 1010. The number of fused-ring (bicyclic) bond motifs is 1. The molecule has 3 aromatic rings. The van der Waals surface area contributed by atoms with E-state index >= 15 is 0 Å². The molecular formula is C20H22N4OS2. The van der Waals surface area contributed by atoms with Crippen molar-refractivity contribution >= 4 is 46.2 Å². The Kier molecular flexibility index (Phi) is 5.14. The number of carbonyl (C=O) groups is 1. The fourth-order valence-corrected chi connectivity index (χ4v) is 6.26. The van der Waals surface area contributed by atoms with Gasteiger partial charge in [0.2, 0.25) is 0 Å². The molecule has 1 aliphatic rings. The lowest BCUT2D eigenvalue weighted by Crippen LogP contribution is -2.13. The Morgan fingerprint density at radius 3 is 2.78 bits per heavy atom. The zero-order valence-electron chi connectivity index (χ0n) is 15.7. The van der Waals surface area contributed by atoms with Crippen LogP contribution in [0, 0.1) is 13.8 Å². The summed E-state index contributed by atoms with van der Waals surface area (Å²) in [6.07, 6.45) is 1.27. The van der Waals surface area contributed by atoms with E-state index in [1.807, 2.05) is 62.6 Å². The number of rotatable bonds is 3. The molecule has 2 aromatic heterocycles. The van der Waals surface area contributed by atoms with Crippen LogP contribution in [0.5, 0.6) is 0 Å². The number of aryl methyl sites for hydroxylation is 3. The molecule has 0 aliphatic carbocycles. The standard InChI is InChI=1S/C20H22N4OS2/c1-12-10-16(17-13(2)23-24(3)18(17)21-12)19(25)22-15-7-4-6-14(11-15)20-26-8-5-9-27-20/h4,6-7,10-11,20H,5,8-9H2,1-3H3,(H,22,25). The second kappa shape index (κ2) is 7.56. The van der Waals surface area contributed by atoms with Gasteiger partial charge in [0.25, 0.3) is 5.91 Å². The van der Waals surface area contributed by atoms with E-state index in [0.717, 1.165) is 28.1 Å². The third-order valence-corrected chi connectivity index (χ3v) is 7.60. The normalized spacial score (nSPS) is 15.2. The Labute approximate surface area is 167 Å². The smallest absolute Gasteiger partial charge is 0.256 e. The van der Waals surface area contributed by atoms with Gasteiger partial charge in [-0.1, -0.05) is 12.1 Å². The van der Waals surface area contributed by atoms with Gasteiger partial charge in [0, 0.05) is 18.4 Å². The van der Waals surface area contributed by atoms with Crippen LogP contribution >= 0.6 is 23.5 Å². The van der Waals surface area contributed by atoms with Gasteiger partial charge in [-0.3, -0.25) is 9.48 Å². The highest BCUT2D eigenvalue weighted by molar-refractivity contribution is 8.16. The van der Waals surface area contributed by atoms with Crippen LogP contribution < -0.4 is 5.32 Å². The van der Waals surface area contributed by atoms with Gasteiger partial charge in [-0.2, -0.15) is 5.10 Å². The van der Waals surface area contributed by atoms with Gasteiger partial charge >= 0.3 is 0 Å². The average Bonchev–Trinajstić information content (AvgIpc) is 2.95. The van der Waals surface area contributed by atoms with E-state index in [-0.39, 0.29) is 5.91 Å². The number of aromatic nitrogens is 3. The molecule has 1 aromatic carbocycles. The number of nitrogens with zero attached hydrogens (tertiary/aromatic N) is 3. The summed E-state index contributed by atoms with van der Waals surface area (Å²) < 4.78 is 2.18. The number of pyridine rings is 1. The molecule has 0 spiro atoms. The summed E-state index contributed by atoms with van der Waals surface area (Å²) in [5.74, 6) is 2.27. The van der Waals surface area contributed by atoms with E-state index in [1.54, 1.807) is 4.68 Å². The molecule has 27 heavy (non-hydrogen) atoms. The molecule has 1 saturated heterocycles. The first-order chi connectivity index (χ1) is 13.0. The highest BCUT2D eigenvalue weighted by Crippen LogP contribution is 2.44. The molecule has 1 aliphatic heterocycles. The molecule has 4 rings (SSSR count). The first-order valence-corrected chi connectivity index (χ1v) is 11.1. The van der Waals surface area contributed by atoms with Crippen molar-refractivity contribution in [2.24, 2.45) is 7.05 Å². The second-order valence-electron chi connectivity index (χ2n) is 6.73. The van der Waals surface area contributed by atoms with Gasteiger partial charge in [-0.05, 0) is 55.5 Å². The Morgan fingerprint density at radius 1 is 1.22 bits per heavy atom. The number of hydrogen-bond acceptors (Lipinski definition) is 5. The van der Waals surface area contributed by atoms with Crippen LogP contribution in [0.3, 0.4) is 0 Å². The third-order valence-electron chi connectivity index (χ3n) is 4.59. The summed E-state index contributed by atoms with van der Waals surface area (Å²) in [7, 11) is 1.85. The van der Waals surface area contributed by atoms with Gasteiger partial charge in [0.1, 0.15) is 0 Å². The minimum absolute atomic E-state index is 0.122. The Morgan fingerprint density at radius 2 is 2.00 bits per heavy atom. The number of thioether (sulfide) groups is 2. The van der Waals surface area contributed by atoms with Crippen LogP contribution in [0.15, 0.2) is 30.3 Å². The zero-order valence-corrected chi connectivity index (χ0v) is 17.3. The number of nitrogens with one attached hydrogen (secondary N) is 1. The van der Waals surface area contributed by atoms with Gasteiger partial charge in [-0.25, -0.2) is 4.98 Å². The van der Waals surface area contributed by atoms with Gasteiger partial charge < -0.3 is 5.32 Å². The molecule has 0 saturated carbocycles. The van der Waals surface area contributed by atoms with Crippen molar-refractivity contribution in [1.29, 1.82) is 0 Å². The monoisotopic (exact) mass is 398 g/mol. The van der Waals surface area contributed by atoms with Crippen LogP contribution in [-0.4, -0.2) is 32.2 Å². The molecule has 3 heterocycles. The van der Waals surface area contributed by atoms with E-state index in [1.165, 1.54) is 23.5 Å². The lowest BCUT2D eigenvalue weighted by atomic mass is 10.1. The Balaban J connectivity index is 1.64. The van der Waals surface area contributed by atoms with Crippen LogP contribution in [0.2, 0.25) is 0 Å². The predicted molar refractivity (Wildman–Crippen MR) is 115 cm³/mol. The first-order valence-electron chi connectivity index (χ1n) is 8.98. The van der Waals surface area contributed by atoms with Crippen molar-refractivity contribution in [1.82, 2.24) is 14.8 Å². The minimum atomic E-state index is -0.122. The zero-order chi connectivity index (χ0) is 19.0. The fraction of sp³-hybridized carbons (Fsp3) is 0.350. The summed E-state index contributed by atoms with van der Waals surface area (Å²) in [5, 5.41) is 8.31. The van der Waals surface area contributed by atoms with Crippen LogP contribution in [0.25, 0.3) is 11.0 Å². The molecule has 0 bridgehead atoms. The van der Waals surface area contributed by atoms with E-state index in [9.17, 15) is 4.79 Å². The van der Waals surface area contributed by atoms with Crippen molar-refractivity contribution in [3.63, 3.8) is 0 Å². The van der Waals surface area contributed by atoms with Crippen molar-refractivity contribution in [2.45, 2.75) is 24.9 Å². The highest BCUT2D eigenvalue weighted by Gasteiger charge is 2.19. The molecular weight excluding hydrogens is 376 g/mol. The summed E-state index contributed by atoms with van der Waals surface area (Å²) in [6.45, 7) is 3.81. The maximum Gasteiger partial charge on any atom is 0.256 e. The van der Waals surface area contributed by atoms with Crippen molar-refractivity contribution in [3.05, 3.63) is 52.8 Å². The predicted octanol–water partition coefficient (Wildman–Crippen LogP) is 4.71. The van der Waals surface area contributed by atoms with Crippen LogP contribution in [-0.2, 0) is 7.05 Å². The fourth-order valence-electron chi connectivity index (χ4n) is 3.39. The van der Waals surface area contributed by atoms with Crippen molar-refractivity contribution in [2.75, 3.05) is 16.8 Å². The maximum absolute atomic E-state index is 13.0. The molecule has 5 nitrogen and oxygen atoms in total. The molecule has 7 heteroatoms. The maximum atomic E-state index is 13.0. The Hall–Kier alpha value is -1.99. The van der Waals surface area contributed by atoms with E-state index in [4.69, 9.17) is 0 Å². The number of hydrogen-bond donors (Lipinski definition) is 1. The summed E-state index contributed by atoms with van der Waals surface area (Å²) in [6, 6.07) is 10.0. The third kappa shape index (κ3) is 3.71. The second-order valence-corrected chi connectivity index (χ2v) is 9.45. The SMILES string of the molecule is Cc1cc(C(=O)Nc2cccc(C3SCCCS3)c2)c2c(C)nn(C)c2n1. The van der Waals surface area contributed by atoms with Crippen LogP contribution in [0.1, 0.15) is 38.3 Å². The van der Waals surface area contributed by atoms with Gasteiger partial charge in [0.05, 0.1) is 21.2 Å². The highest BCUT2D eigenvalue weighted by atomic mass is 32.2. The molecule has 1 N–H and O–H groups in total. The molecule has 0 atom stereocenters. The van der Waals surface area contributed by atoms with Gasteiger partial charge in [0.15, 0.2) is 5.65 Å². The molecule has 1 amide bonds. The molecule has 0 unspecified atom stereocenters. The van der Waals surface area contributed by atoms with E-state index in [2.05, 4.69) is 27.5 Å². The van der Waals surface area contributed by atoms with E-state index in [0.29, 0.717) is 10.1 Å².